The zero-order chi connectivity index (χ0) is 20.0. The van der Waals surface area contributed by atoms with E-state index in [0.717, 1.165) is 22.3 Å². The van der Waals surface area contributed by atoms with E-state index in [1.165, 1.54) is 0 Å². The van der Waals surface area contributed by atoms with E-state index in [0.29, 0.717) is 11.4 Å². The van der Waals surface area contributed by atoms with Crippen LogP contribution < -0.4 is 11.5 Å². The average Bonchev–Trinajstić information content (AvgIpc) is 2.67. The van der Waals surface area contributed by atoms with Gasteiger partial charge in [-0.25, -0.2) is 0 Å². The Morgan fingerprint density at radius 3 is 1.50 bits per heavy atom. The Labute approximate surface area is 163 Å². The van der Waals surface area contributed by atoms with Crippen molar-refractivity contribution in [3.63, 3.8) is 0 Å². The van der Waals surface area contributed by atoms with Crippen LogP contribution in [0.1, 0.15) is 47.9 Å². The number of benzene rings is 2. The molecule has 28 heavy (non-hydrogen) atoms. The molecular weight excluding hydrogens is 356 g/mol. The minimum absolute atomic E-state index is 0.251. The molecule has 6 nitrogen and oxygen atoms in total. The number of carbonyl (C=O) groups is 2. The summed E-state index contributed by atoms with van der Waals surface area (Å²) < 4.78 is 10.7. The lowest BCUT2D eigenvalue weighted by Crippen LogP contribution is -2.48. The van der Waals surface area contributed by atoms with E-state index in [1.54, 1.807) is 13.8 Å². The van der Waals surface area contributed by atoms with Gasteiger partial charge >= 0.3 is 11.9 Å². The first-order valence-corrected chi connectivity index (χ1v) is 9.59. The van der Waals surface area contributed by atoms with Crippen LogP contribution in [0, 0.1) is 11.8 Å². The molecule has 2 aromatic rings. The van der Waals surface area contributed by atoms with Crippen molar-refractivity contribution in [1.29, 1.82) is 0 Å². The third kappa shape index (κ3) is 2.63. The highest BCUT2D eigenvalue weighted by molar-refractivity contribution is 5.88. The molecule has 0 fully saturated rings. The van der Waals surface area contributed by atoms with Crippen molar-refractivity contribution in [2.75, 3.05) is 24.7 Å². The molecule has 0 saturated carbocycles. The zero-order valence-corrected chi connectivity index (χ0v) is 16.0. The molecule has 4 N–H and O–H groups in total. The van der Waals surface area contributed by atoms with Crippen molar-refractivity contribution in [2.45, 2.75) is 25.7 Å². The number of hydrogen-bond acceptors (Lipinski definition) is 6. The maximum Gasteiger partial charge on any atom is 0.310 e. The first-order valence-electron chi connectivity index (χ1n) is 9.59. The highest BCUT2D eigenvalue weighted by atomic mass is 16.5. The van der Waals surface area contributed by atoms with E-state index in [1.807, 2.05) is 36.4 Å². The minimum Gasteiger partial charge on any atom is -0.466 e. The van der Waals surface area contributed by atoms with E-state index in [-0.39, 0.29) is 37.0 Å². The van der Waals surface area contributed by atoms with Gasteiger partial charge in [-0.05, 0) is 60.4 Å². The molecule has 2 bridgehead atoms. The molecule has 0 aliphatic heterocycles. The Hall–Kier alpha value is -3.02. The summed E-state index contributed by atoms with van der Waals surface area (Å²) in [5, 5.41) is 0. The number of anilines is 2. The monoisotopic (exact) mass is 380 g/mol. The molecule has 0 aromatic heterocycles. The smallest absolute Gasteiger partial charge is 0.310 e. The highest BCUT2D eigenvalue weighted by Gasteiger charge is 2.56. The first kappa shape index (κ1) is 18.3. The van der Waals surface area contributed by atoms with Crippen molar-refractivity contribution in [3.05, 3.63) is 58.7 Å². The Balaban J connectivity index is 1.98. The predicted octanol–water partition coefficient (Wildman–Crippen LogP) is 2.80. The third-order valence-corrected chi connectivity index (χ3v) is 5.78. The lowest BCUT2D eigenvalue weighted by atomic mass is 9.54. The summed E-state index contributed by atoms with van der Waals surface area (Å²) in [6, 6.07) is 11.4. The van der Waals surface area contributed by atoms with Crippen LogP contribution in [0.2, 0.25) is 0 Å². The molecule has 0 radical (unpaired) electrons. The van der Waals surface area contributed by atoms with Gasteiger partial charge in [0.05, 0.1) is 25.0 Å². The van der Waals surface area contributed by atoms with E-state index >= 15 is 0 Å². The van der Waals surface area contributed by atoms with Gasteiger partial charge in [-0.1, -0.05) is 12.1 Å². The van der Waals surface area contributed by atoms with E-state index in [2.05, 4.69) is 0 Å². The van der Waals surface area contributed by atoms with Crippen LogP contribution in [0.3, 0.4) is 0 Å². The van der Waals surface area contributed by atoms with Gasteiger partial charge in [0.1, 0.15) is 0 Å². The van der Waals surface area contributed by atoms with E-state index in [4.69, 9.17) is 20.9 Å². The molecule has 4 atom stereocenters. The second-order valence-electron chi connectivity index (χ2n) is 7.29. The van der Waals surface area contributed by atoms with Gasteiger partial charge in [0.25, 0.3) is 0 Å². The van der Waals surface area contributed by atoms with Gasteiger partial charge in [-0.15, -0.1) is 0 Å². The quantitative estimate of drug-likeness (QED) is 0.624. The van der Waals surface area contributed by atoms with Crippen LogP contribution in [0.15, 0.2) is 36.4 Å². The molecule has 6 heteroatoms. The number of esters is 2. The maximum atomic E-state index is 13.0. The summed E-state index contributed by atoms with van der Waals surface area (Å²) >= 11 is 0. The van der Waals surface area contributed by atoms with Gasteiger partial charge in [0, 0.05) is 23.2 Å². The molecule has 0 amide bonds. The molecule has 0 saturated heterocycles. The Morgan fingerprint density at radius 2 is 1.14 bits per heavy atom. The summed E-state index contributed by atoms with van der Waals surface area (Å²) in [5.41, 5.74) is 17.3. The summed E-state index contributed by atoms with van der Waals surface area (Å²) in [7, 11) is 0. The number of nitrogens with two attached hydrogens (primary N) is 2. The second-order valence-corrected chi connectivity index (χ2v) is 7.29. The molecule has 5 rings (SSSR count). The van der Waals surface area contributed by atoms with Gasteiger partial charge in [-0.2, -0.15) is 0 Å². The third-order valence-electron chi connectivity index (χ3n) is 5.78. The van der Waals surface area contributed by atoms with Crippen LogP contribution in [-0.2, 0) is 19.1 Å². The number of carbonyl (C=O) groups excluding carboxylic acids is 2. The van der Waals surface area contributed by atoms with Gasteiger partial charge in [0.15, 0.2) is 0 Å². The predicted molar refractivity (Wildman–Crippen MR) is 106 cm³/mol. The fourth-order valence-electron chi connectivity index (χ4n) is 4.86. The number of hydrogen-bond donors (Lipinski definition) is 2. The standard InChI is InChI=1S/C22H24N2O4/c1-3-27-21(25)19-17-13-7-5-12(24)10-16(13)18(20(19)22(26)28-4-2)14-8-6-11(23)9-15(14)17/h5-10,17-20H,3-4,23-24H2,1-2H3/t17?,18?,19-,20-/m0/s1. The molecule has 2 unspecified atom stereocenters. The van der Waals surface area contributed by atoms with Gasteiger partial charge in [0.2, 0.25) is 0 Å². The van der Waals surface area contributed by atoms with E-state index in [9.17, 15) is 9.59 Å². The van der Waals surface area contributed by atoms with Crippen molar-refractivity contribution >= 4 is 23.3 Å². The molecule has 146 valence electrons. The number of ether oxygens (including phenoxy) is 2. The van der Waals surface area contributed by atoms with Crippen molar-refractivity contribution in [3.8, 4) is 0 Å². The lowest BCUT2D eigenvalue weighted by Gasteiger charge is -2.48. The second kappa shape index (κ2) is 6.86. The maximum absolute atomic E-state index is 13.0. The number of rotatable bonds is 4. The van der Waals surface area contributed by atoms with Crippen LogP contribution in [0.4, 0.5) is 11.4 Å². The summed E-state index contributed by atoms with van der Waals surface area (Å²) in [4.78, 5) is 26.0. The topological polar surface area (TPSA) is 105 Å². The van der Waals surface area contributed by atoms with Crippen LogP contribution in [-0.4, -0.2) is 25.2 Å². The largest absolute Gasteiger partial charge is 0.466 e. The van der Waals surface area contributed by atoms with Crippen molar-refractivity contribution in [2.24, 2.45) is 11.8 Å². The van der Waals surface area contributed by atoms with Crippen LogP contribution in [0.25, 0.3) is 0 Å². The van der Waals surface area contributed by atoms with Crippen molar-refractivity contribution in [1.82, 2.24) is 0 Å². The zero-order valence-electron chi connectivity index (χ0n) is 16.0. The Bertz CT molecular complexity index is 878. The lowest BCUT2D eigenvalue weighted by molar-refractivity contribution is -0.162. The highest BCUT2D eigenvalue weighted by Crippen LogP contribution is 2.59. The Kier molecular flexibility index (Phi) is 4.49. The minimum atomic E-state index is -0.658. The van der Waals surface area contributed by atoms with Gasteiger partial charge in [-0.3, -0.25) is 9.59 Å². The fraction of sp³-hybridized carbons (Fsp3) is 0.364. The Morgan fingerprint density at radius 1 is 0.750 bits per heavy atom. The summed E-state index contributed by atoms with van der Waals surface area (Å²) in [6.45, 7) is 4.03. The first-order chi connectivity index (χ1) is 13.5. The van der Waals surface area contributed by atoms with E-state index < -0.39 is 11.8 Å². The molecule has 3 aliphatic carbocycles. The fourth-order valence-corrected chi connectivity index (χ4v) is 4.86. The SMILES string of the molecule is CCOC(=O)[C@H]1C2c3ccc(N)cc3C(c3ccc(N)cc32)[C@@H]1C(=O)OCC. The van der Waals surface area contributed by atoms with Crippen LogP contribution >= 0.6 is 0 Å². The van der Waals surface area contributed by atoms with Crippen LogP contribution in [0.5, 0.6) is 0 Å². The molecule has 0 spiro atoms. The molecule has 0 heterocycles. The number of fused-ring (bicyclic) bond motifs is 1. The summed E-state index contributed by atoms with van der Waals surface area (Å²) in [5.74, 6) is -2.74. The van der Waals surface area contributed by atoms with Gasteiger partial charge < -0.3 is 20.9 Å². The summed E-state index contributed by atoms with van der Waals surface area (Å²) in [6.07, 6.45) is 0. The number of nitrogen functional groups attached to an aromatic ring is 2. The molecular formula is C22H24N2O4. The normalized spacial score (nSPS) is 24.2. The molecule has 3 aliphatic rings. The molecule has 2 aromatic carbocycles. The average molecular weight is 380 g/mol. The van der Waals surface area contributed by atoms with Crippen molar-refractivity contribution < 1.29 is 19.1 Å².